The number of nitro groups is 1. The predicted octanol–water partition coefficient (Wildman–Crippen LogP) is 1.94. The largest absolute Gasteiger partial charge is 0.503 e. The number of para-hydroxylation sites is 1. The van der Waals surface area contributed by atoms with E-state index in [4.69, 9.17) is 9.84 Å². The van der Waals surface area contributed by atoms with E-state index in [0.29, 0.717) is 48.5 Å². The Labute approximate surface area is 189 Å². The smallest absolute Gasteiger partial charge is 0.293 e. The molecule has 0 amide bonds. The number of nitrogens with zero attached hydrogens (tertiary/aromatic N) is 3. The Morgan fingerprint density at radius 2 is 1.85 bits per heavy atom. The number of rotatable bonds is 8. The van der Waals surface area contributed by atoms with Crippen LogP contribution < -0.4 is 10.3 Å². The number of H-pyrrole nitrogens is 1. The molecule has 33 heavy (non-hydrogen) atoms. The summed E-state index contributed by atoms with van der Waals surface area (Å²) in [4.78, 5) is 31.2. The van der Waals surface area contributed by atoms with Crippen molar-refractivity contribution in [3.8, 4) is 17.0 Å². The lowest BCUT2D eigenvalue weighted by atomic mass is 10.1. The van der Waals surface area contributed by atoms with Crippen LogP contribution in [-0.2, 0) is 4.74 Å². The number of anilines is 1. The maximum Gasteiger partial charge on any atom is 0.293 e. The third kappa shape index (κ3) is 4.82. The van der Waals surface area contributed by atoms with Gasteiger partial charge in [0.15, 0.2) is 5.75 Å². The van der Waals surface area contributed by atoms with Gasteiger partial charge in [-0.15, -0.1) is 0 Å². The monoisotopic (exact) mass is 454 g/mol. The van der Waals surface area contributed by atoms with Crippen LogP contribution in [-0.4, -0.2) is 77.6 Å². The predicted molar refractivity (Wildman–Crippen MR) is 125 cm³/mol. The Bertz CT molecular complexity index is 1200. The molecule has 174 valence electrons. The lowest BCUT2D eigenvalue weighted by Gasteiger charge is -2.35. The van der Waals surface area contributed by atoms with Gasteiger partial charge in [-0.1, -0.05) is 18.2 Å². The minimum atomic E-state index is -0.523. The van der Waals surface area contributed by atoms with Crippen LogP contribution in [0.2, 0.25) is 0 Å². The van der Waals surface area contributed by atoms with E-state index in [2.05, 4.69) is 9.88 Å². The van der Waals surface area contributed by atoms with Crippen LogP contribution in [0.1, 0.15) is 0 Å². The van der Waals surface area contributed by atoms with E-state index in [1.165, 1.54) is 6.07 Å². The highest BCUT2D eigenvalue weighted by molar-refractivity contribution is 5.85. The molecule has 3 N–H and O–H groups in total. The van der Waals surface area contributed by atoms with E-state index in [-0.39, 0.29) is 18.0 Å². The van der Waals surface area contributed by atoms with Crippen LogP contribution in [0.5, 0.6) is 5.75 Å². The molecule has 2 aromatic carbocycles. The number of hydrogen-bond donors (Lipinski definition) is 3. The topological polar surface area (TPSA) is 132 Å². The summed E-state index contributed by atoms with van der Waals surface area (Å²) in [6, 6.07) is 11.5. The molecule has 4 rings (SSSR count). The average Bonchev–Trinajstić information content (AvgIpc) is 2.84. The van der Waals surface area contributed by atoms with Crippen molar-refractivity contribution in [2.75, 3.05) is 57.4 Å². The Morgan fingerprint density at radius 3 is 2.58 bits per heavy atom. The van der Waals surface area contributed by atoms with E-state index < -0.39 is 16.1 Å². The molecule has 0 radical (unpaired) electrons. The summed E-state index contributed by atoms with van der Waals surface area (Å²) in [7, 11) is 0. The van der Waals surface area contributed by atoms with Gasteiger partial charge < -0.3 is 24.8 Å². The quantitative estimate of drug-likeness (QED) is 0.267. The zero-order valence-electron chi connectivity index (χ0n) is 18.1. The van der Waals surface area contributed by atoms with Crippen molar-refractivity contribution >= 4 is 22.3 Å². The lowest BCUT2D eigenvalue weighted by Crippen LogP contribution is -2.47. The summed E-state index contributed by atoms with van der Waals surface area (Å²) in [5.41, 5.74) is 0.959. The number of benzene rings is 2. The number of fused-ring (bicyclic) bond motifs is 1. The van der Waals surface area contributed by atoms with Gasteiger partial charge in [0, 0.05) is 55.3 Å². The number of pyridine rings is 1. The molecular weight excluding hydrogens is 428 g/mol. The second kappa shape index (κ2) is 9.99. The zero-order valence-corrected chi connectivity index (χ0v) is 18.1. The molecule has 1 aliphatic heterocycles. The minimum absolute atomic E-state index is 0.00168. The summed E-state index contributed by atoms with van der Waals surface area (Å²) in [6.45, 7) is 4.30. The van der Waals surface area contributed by atoms with Crippen molar-refractivity contribution in [3.63, 3.8) is 0 Å². The third-order valence-corrected chi connectivity index (χ3v) is 5.84. The van der Waals surface area contributed by atoms with Gasteiger partial charge in [0.2, 0.25) is 5.43 Å². The van der Waals surface area contributed by atoms with Crippen LogP contribution >= 0.6 is 0 Å². The van der Waals surface area contributed by atoms with E-state index in [1.54, 1.807) is 36.4 Å². The van der Waals surface area contributed by atoms with E-state index in [1.807, 2.05) is 4.90 Å². The van der Waals surface area contributed by atoms with Crippen molar-refractivity contribution in [2.45, 2.75) is 0 Å². The van der Waals surface area contributed by atoms with Gasteiger partial charge >= 0.3 is 0 Å². The molecule has 1 saturated heterocycles. The fraction of sp³-hybridized carbons (Fsp3) is 0.348. The van der Waals surface area contributed by atoms with Gasteiger partial charge in [0.25, 0.3) is 5.69 Å². The van der Waals surface area contributed by atoms with E-state index in [0.717, 1.165) is 19.6 Å². The molecule has 10 nitrogen and oxygen atoms in total. The molecule has 1 fully saturated rings. The van der Waals surface area contributed by atoms with Crippen molar-refractivity contribution < 1.29 is 19.9 Å². The highest BCUT2D eigenvalue weighted by atomic mass is 16.6. The number of nitrogens with one attached hydrogen (secondary N) is 1. The second-order valence-electron chi connectivity index (χ2n) is 7.85. The molecule has 1 aromatic heterocycles. The van der Waals surface area contributed by atoms with Crippen molar-refractivity contribution in [1.82, 2.24) is 9.88 Å². The van der Waals surface area contributed by atoms with Gasteiger partial charge in [-0.3, -0.25) is 19.8 Å². The Kier molecular flexibility index (Phi) is 6.87. The molecular formula is C23H26N4O6. The van der Waals surface area contributed by atoms with Gasteiger partial charge in [-0.2, -0.15) is 0 Å². The van der Waals surface area contributed by atoms with Crippen molar-refractivity contribution in [3.05, 3.63) is 62.8 Å². The van der Waals surface area contributed by atoms with Crippen molar-refractivity contribution in [2.24, 2.45) is 0 Å². The number of aromatic amines is 1. The Hall–Kier alpha value is -3.47. The number of aromatic nitrogens is 1. The third-order valence-electron chi connectivity index (χ3n) is 5.84. The van der Waals surface area contributed by atoms with Crippen LogP contribution in [0.4, 0.5) is 11.4 Å². The second-order valence-corrected chi connectivity index (χ2v) is 7.85. The molecule has 0 bridgehead atoms. The fourth-order valence-electron chi connectivity index (χ4n) is 4.10. The number of aromatic hydroxyl groups is 1. The minimum Gasteiger partial charge on any atom is -0.503 e. The molecule has 2 heterocycles. The SMILES string of the molecule is O=c1c(O)c(-c2ccc(N3CCN(CCOCCO)CC3)c([N+](=O)[O-])c2)[nH]c2ccccc12. The Balaban J connectivity index is 1.57. The summed E-state index contributed by atoms with van der Waals surface area (Å²) < 4.78 is 5.31. The first-order chi connectivity index (χ1) is 16.0. The number of nitro benzene ring substituents is 1. The highest BCUT2D eigenvalue weighted by Crippen LogP contribution is 2.35. The maximum atomic E-state index is 12.6. The molecule has 0 saturated carbocycles. The average molecular weight is 454 g/mol. The van der Waals surface area contributed by atoms with Crippen LogP contribution in [0.15, 0.2) is 47.3 Å². The first-order valence-electron chi connectivity index (χ1n) is 10.8. The molecule has 0 unspecified atom stereocenters. The standard InChI is InChI=1S/C23H26N4O6/c28-12-14-33-13-11-25-7-9-26(10-8-25)19-6-5-16(15-20(19)27(31)32)21-23(30)22(29)17-3-1-2-4-18(17)24-21/h1-6,15,28,30H,7-14H2,(H,24,29). The normalized spacial score (nSPS) is 14.6. The van der Waals surface area contributed by atoms with Gasteiger partial charge in [0.1, 0.15) is 5.69 Å². The number of aliphatic hydroxyl groups excluding tert-OH is 1. The molecule has 3 aromatic rings. The molecule has 0 aliphatic carbocycles. The number of aliphatic hydroxyl groups is 1. The molecule has 0 atom stereocenters. The van der Waals surface area contributed by atoms with Gasteiger partial charge in [-0.25, -0.2) is 0 Å². The summed E-state index contributed by atoms with van der Waals surface area (Å²) in [5.74, 6) is -0.465. The number of ether oxygens (including phenoxy) is 1. The van der Waals surface area contributed by atoms with Gasteiger partial charge in [0.05, 0.1) is 30.4 Å². The van der Waals surface area contributed by atoms with E-state index in [9.17, 15) is 20.0 Å². The molecule has 0 spiro atoms. The van der Waals surface area contributed by atoms with Crippen LogP contribution in [0.25, 0.3) is 22.2 Å². The van der Waals surface area contributed by atoms with Crippen molar-refractivity contribution in [1.29, 1.82) is 0 Å². The first kappa shape index (κ1) is 22.7. The van der Waals surface area contributed by atoms with Crippen LogP contribution in [0.3, 0.4) is 0 Å². The van der Waals surface area contributed by atoms with Gasteiger partial charge in [-0.05, 0) is 18.2 Å². The molecule has 10 heteroatoms. The summed E-state index contributed by atoms with van der Waals surface area (Å²) >= 11 is 0. The lowest BCUT2D eigenvalue weighted by molar-refractivity contribution is -0.384. The zero-order chi connectivity index (χ0) is 23.4. The number of piperazine rings is 1. The fourth-order valence-corrected chi connectivity index (χ4v) is 4.10. The molecule has 1 aliphatic rings. The Morgan fingerprint density at radius 1 is 1.09 bits per heavy atom. The highest BCUT2D eigenvalue weighted by Gasteiger charge is 2.25. The number of hydrogen-bond acceptors (Lipinski definition) is 8. The summed E-state index contributed by atoms with van der Waals surface area (Å²) in [5, 5.41) is 31.5. The summed E-state index contributed by atoms with van der Waals surface area (Å²) in [6.07, 6.45) is 0. The van der Waals surface area contributed by atoms with Crippen LogP contribution in [0, 0.1) is 10.1 Å². The maximum absolute atomic E-state index is 12.6. The first-order valence-corrected chi connectivity index (χ1v) is 10.8. The van der Waals surface area contributed by atoms with E-state index >= 15 is 0 Å².